The second-order valence-corrected chi connectivity index (χ2v) is 8.18. The van der Waals surface area contributed by atoms with Crippen molar-refractivity contribution in [1.82, 2.24) is 19.8 Å². The molecule has 3 heterocycles. The van der Waals surface area contributed by atoms with Crippen LogP contribution in [0.3, 0.4) is 0 Å². The first-order chi connectivity index (χ1) is 13.7. The average molecular weight is 393 g/mol. The van der Waals surface area contributed by atoms with E-state index in [2.05, 4.69) is 32.3 Å². The molecule has 0 unspecified atom stereocenters. The SMILES string of the molecule is N#Cc1ccccc1C1CCN(c2cnn3c(CC4CC4)nnc3c2Cl)CC1. The third kappa shape index (κ3) is 3.10. The van der Waals surface area contributed by atoms with Crippen LogP contribution < -0.4 is 4.90 Å². The molecule has 3 aromatic rings. The Morgan fingerprint density at radius 3 is 2.64 bits per heavy atom. The van der Waals surface area contributed by atoms with E-state index >= 15 is 0 Å². The fourth-order valence-electron chi connectivity index (χ4n) is 4.17. The Labute approximate surface area is 168 Å². The summed E-state index contributed by atoms with van der Waals surface area (Å²) in [6, 6.07) is 10.2. The van der Waals surface area contributed by atoms with Gasteiger partial charge in [0.25, 0.3) is 0 Å². The number of anilines is 1. The maximum atomic E-state index is 9.38. The van der Waals surface area contributed by atoms with Crippen molar-refractivity contribution in [3.8, 4) is 6.07 Å². The molecule has 1 aromatic carbocycles. The third-order valence-electron chi connectivity index (χ3n) is 5.95. The fraction of sp³-hybridized carbons (Fsp3) is 0.429. The van der Waals surface area contributed by atoms with Gasteiger partial charge in [0.1, 0.15) is 5.02 Å². The van der Waals surface area contributed by atoms with Crippen LogP contribution in [0.5, 0.6) is 0 Å². The predicted octanol–water partition coefficient (Wildman–Crippen LogP) is 3.99. The summed E-state index contributed by atoms with van der Waals surface area (Å²) in [6.07, 6.45) is 7.28. The van der Waals surface area contributed by atoms with Crippen LogP contribution in [0.4, 0.5) is 5.69 Å². The molecule has 5 rings (SSSR count). The van der Waals surface area contributed by atoms with Gasteiger partial charge in [-0.05, 0) is 49.1 Å². The van der Waals surface area contributed by atoms with Crippen LogP contribution >= 0.6 is 11.6 Å². The van der Waals surface area contributed by atoms with E-state index in [-0.39, 0.29) is 0 Å². The molecule has 2 aliphatic rings. The van der Waals surface area contributed by atoms with Gasteiger partial charge in [-0.25, -0.2) is 0 Å². The molecule has 0 amide bonds. The monoisotopic (exact) mass is 392 g/mol. The molecule has 0 atom stereocenters. The molecule has 0 radical (unpaired) electrons. The zero-order valence-corrected chi connectivity index (χ0v) is 16.3. The Balaban J connectivity index is 1.35. The Morgan fingerprint density at radius 2 is 1.89 bits per heavy atom. The van der Waals surface area contributed by atoms with E-state index in [1.54, 1.807) is 4.52 Å². The van der Waals surface area contributed by atoms with Crippen molar-refractivity contribution >= 4 is 22.9 Å². The van der Waals surface area contributed by atoms with E-state index in [0.717, 1.165) is 60.9 Å². The first kappa shape index (κ1) is 17.4. The van der Waals surface area contributed by atoms with Crippen LogP contribution in [0.1, 0.15) is 48.6 Å². The second-order valence-electron chi connectivity index (χ2n) is 7.80. The highest BCUT2D eigenvalue weighted by atomic mass is 35.5. The lowest BCUT2D eigenvalue weighted by Crippen LogP contribution is -2.33. The van der Waals surface area contributed by atoms with Crippen LogP contribution in [-0.2, 0) is 6.42 Å². The zero-order valence-electron chi connectivity index (χ0n) is 15.6. The number of rotatable bonds is 4. The van der Waals surface area contributed by atoms with Gasteiger partial charge in [-0.3, -0.25) is 0 Å². The number of aromatic nitrogens is 4. The number of nitrogens with zero attached hydrogens (tertiary/aromatic N) is 6. The lowest BCUT2D eigenvalue weighted by Gasteiger charge is -2.34. The van der Waals surface area contributed by atoms with E-state index in [9.17, 15) is 5.26 Å². The highest BCUT2D eigenvalue weighted by molar-refractivity contribution is 6.36. The minimum absolute atomic E-state index is 0.404. The highest BCUT2D eigenvalue weighted by Gasteiger charge is 2.27. The first-order valence-electron chi connectivity index (χ1n) is 9.87. The minimum atomic E-state index is 0.404. The smallest absolute Gasteiger partial charge is 0.198 e. The number of hydrogen-bond acceptors (Lipinski definition) is 5. The lowest BCUT2D eigenvalue weighted by molar-refractivity contribution is 0.504. The number of nitriles is 1. The Kier molecular flexibility index (Phi) is 4.40. The van der Waals surface area contributed by atoms with Crippen molar-refractivity contribution in [2.75, 3.05) is 18.0 Å². The summed E-state index contributed by atoms with van der Waals surface area (Å²) >= 11 is 6.69. The van der Waals surface area contributed by atoms with Crippen LogP contribution in [0.15, 0.2) is 30.5 Å². The average Bonchev–Trinajstić information content (AvgIpc) is 3.47. The van der Waals surface area contributed by atoms with Gasteiger partial charge >= 0.3 is 0 Å². The van der Waals surface area contributed by atoms with E-state index in [1.807, 2.05) is 24.4 Å². The first-order valence-corrected chi connectivity index (χ1v) is 10.2. The molecule has 6 nitrogen and oxygen atoms in total. The molecule has 1 saturated carbocycles. The van der Waals surface area contributed by atoms with Gasteiger partial charge in [-0.2, -0.15) is 14.9 Å². The minimum Gasteiger partial charge on any atom is -0.369 e. The molecule has 0 N–H and O–H groups in total. The molecule has 1 aliphatic heterocycles. The molecular weight excluding hydrogens is 372 g/mol. The standard InChI is InChI=1S/C21H21ClN6/c22-20-18(13-24-28-19(11-14-5-6-14)25-26-21(20)28)27-9-7-15(8-10-27)17-4-2-1-3-16(17)12-23/h1-4,13-15H,5-11H2. The van der Waals surface area contributed by atoms with Crippen LogP contribution in [0.25, 0.3) is 5.65 Å². The maximum absolute atomic E-state index is 9.38. The lowest BCUT2D eigenvalue weighted by atomic mass is 9.86. The summed E-state index contributed by atoms with van der Waals surface area (Å²) in [4.78, 5) is 2.27. The largest absolute Gasteiger partial charge is 0.369 e. The predicted molar refractivity (Wildman–Crippen MR) is 108 cm³/mol. The number of hydrogen-bond donors (Lipinski definition) is 0. The Bertz CT molecular complexity index is 1060. The molecule has 28 heavy (non-hydrogen) atoms. The number of halogens is 1. The van der Waals surface area contributed by atoms with Gasteiger partial charge in [0.15, 0.2) is 11.5 Å². The number of benzene rings is 1. The molecule has 0 spiro atoms. The van der Waals surface area contributed by atoms with E-state index < -0.39 is 0 Å². The summed E-state index contributed by atoms with van der Waals surface area (Å²) in [5.74, 6) is 2.03. The molecule has 142 valence electrons. The molecule has 0 bridgehead atoms. The van der Waals surface area contributed by atoms with Gasteiger partial charge in [0.05, 0.1) is 23.5 Å². The molecule has 2 aromatic heterocycles. The molecule has 1 aliphatic carbocycles. The van der Waals surface area contributed by atoms with E-state index in [4.69, 9.17) is 11.6 Å². The summed E-state index contributed by atoms with van der Waals surface area (Å²) in [7, 11) is 0. The van der Waals surface area contributed by atoms with Crippen molar-refractivity contribution in [2.45, 2.75) is 38.0 Å². The molecule has 1 saturated heterocycles. The van der Waals surface area contributed by atoms with Crippen molar-refractivity contribution < 1.29 is 0 Å². The third-order valence-corrected chi connectivity index (χ3v) is 6.31. The number of piperidine rings is 1. The van der Waals surface area contributed by atoms with Crippen LogP contribution in [0, 0.1) is 17.2 Å². The fourth-order valence-corrected chi connectivity index (χ4v) is 4.45. The number of fused-ring (bicyclic) bond motifs is 1. The van der Waals surface area contributed by atoms with Gasteiger partial charge in [0.2, 0.25) is 0 Å². The van der Waals surface area contributed by atoms with Crippen molar-refractivity contribution in [3.05, 3.63) is 52.4 Å². The second kappa shape index (κ2) is 7.06. The van der Waals surface area contributed by atoms with E-state index in [0.29, 0.717) is 16.6 Å². The quantitative estimate of drug-likeness (QED) is 0.671. The highest BCUT2D eigenvalue weighted by Crippen LogP contribution is 2.36. The normalized spacial score (nSPS) is 17.8. The van der Waals surface area contributed by atoms with Gasteiger partial charge in [-0.1, -0.05) is 29.8 Å². The molecule has 2 fully saturated rings. The van der Waals surface area contributed by atoms with E-state index in [1.165, 1.54) is 12.8 Å². The van der Waals surface area contributed by atoms with Crippen molar-refractivity contribution in [2.24, 2.45) is 5.92 Å². The summed E-state index contributed by atoms with van der Waals surface area (Å²) in [5, 5.41) is 23.2. The Hall–Kier alpha value is -2.65. The summed E-state index contributed by atoms with van der Waals surface area (Å²) in [5.41, 5.74) is 3.51. The maximum Gasteiger partial charge on any atom is 0.198 e. The van der Waals surface area contributed by atoms with Crippen molar-refractivity contribution in [1.29, 1.82) is 5.26 Å². The van der Waals surface area contributed by atoms with Crippen molar-refractivity contribution in [3.63, 3.8) is 0 Å². The van der Waals surface area contributed by atoms with Gasteiger partial charge < -0.3 is 4.90 Å². The van der Waals surface area contributed by atoms with Crippen LogP contribution in [-0.4, -0.2) is 32.9 Å². The molecule has 7 heteroatoms. The molecular formula is C21H21ClN6. The van der Waals surface area contributed by atoms with Gasteiger partial charge in [0, 0.05) is 19.5 Å². The summed E-state index contributed by atoms with van der Waals surface area (Å²) < 4.78 is 1.79. The van der Waals surface area contributed by atoms with Gasteiger partial charge in [-0.15, -0.1) is 10.2 Å². The summed E-state index contributed by atoms with van der Waals surface area (Å²) in [6.45, 7) is 1.76. The zero-order chi connectivity index (χ0) is 19.1. The Morgan fingerprint density at radius 1 is 1.11 bits per heavy atom. The topological polar surface area (TPSA) is 70.1 Å². The van der Waals surface area contributed by atoms with Crippen LogP contribution in [0.2, 0.25) is 5.02 Å².